The fourth-order valence-corrected chi connectivity index (χ4v) is 0.514. The molecule has 0 rings (SSSR count). The fraction of sp³-hybridized carbons (Fsp3) is 0.429. The van der Waals surface area contributed by atoms with Crippen LogP contribution in [0.1, 0.15) is 12.8 Å². The van der Waals surface area contributed by atoms with E-state index in [0.717, 1.165) is 12.8 Å². The van der Waals surface area contributed by atoms with E-state index in [1.54, 1.807) is 6.08 Å². The van der Waals surface area contributed by atoms with Crippen molar-refractivity contribution in [2.75, 3.05) is 5.88 Å². The minimum atomic E-state index is 0.680. The molecule has 0 amide bonds. The molecule has 0 unspecified atom stereocenters. The topological polar surface area (TPSA) is 0 Å². The van der Waals surface area contributed by atoms with Gasteiger partial charge in [0.15, 0.2) is 0 Å². The second-order valence-electron chi connectivity index (χ2n) is 1.41. The lowest BCUT2D eigenvalue weighted by molar-refractivity contribution is 0.992. The Morgan fingerprint density at radius 3 is 2.78 bits per heavy atom. The quantitative estimate of drug-likeness (QED) is 0.333. The van der Waals surface area contributed by atoms with Crippen molar-refractivity contribution in [2.45, 2.75) is 12.8 Å². The number of unbranched alkanes of at least 4 members (excludes halogenated alkanes) is 1. The molecule has 0 aromatic carbocycles. The molecule has 0 saturated carbocycles. The maximum Gasteiger partial charge on any atom is 0.0232 e. The van der Waals surface area contributed by atoms with Crippen LogP contribution in [0.25, 0.3) is 0 Å². The van der Waals surface area contributed by atoms with Gasteiger partial charge in [-0.3, -0.25) is 0 Å². The maximum atomic E-state index is 5.40. The van der Waals surface area contributed by atoms with Gasteiger partial charge in [0.2, 0.25) is 0 Å². The predicted octanol–water partition coefficient (Wildman–Crippen LogP) is 2.76. The first-order chi connectivity index (χ1) is 4.41. The number of hydrogen-bond acceptors (Lipinski definition) is 0. The zero-order valence-corrected chi connectivity index (χ0v) is 6.54. The third-order valence-corrected chi connectivity index (χ3v) is 1.08. The second kappa shape index (κ2) is 7.88. The highest BCUT2D eigenvalue weighted by atomic mass is 35.5. The number of alkyl halides is 1. The van der Waals surface area contributed by atoms with Crippen LogP contribution in [-0.4, -0.2) is 5.88 Å². The molecule has 0 aliphatic heterocycles. The van der Waals surface area contributed by atoms with Crippen LogP contribution in [-0.2, 0) is 0 Å². The van der Waals surface area contributed by atoms with E-state index in [1.807, 2.05) is 0 Å². The molecule has 50 valence electrons. The van der Waals surface area contributed by atoms with Crippen molar-refractivity contribution < 1.29 is 0 Å². The predicted molar refractivity (Wildman–Crippen MR) is 42.7 cm³/mol. The van der Waals surface area contributed by atoms with Crippen molar-refractivity contribution in [1.82, 2.24) is 0 Å². The highest BCUT2D eigenvalue weighted by Gasteiger charge is 1.75. The molecule has 0 nitrogen and oxygen atoms in total. The van der Waals surface area contributed by atoms with Crippen LogP contribution in [0.4, 0.5) is 0 Å². The Morgan fingerprint density at radius 1 is 1.44 bits per heavy atom. The van der Waals surface area contributed by atoms with Gasteiger partial charge in [-0.15, -0.1) is 11.6 Å². The van der Waals surface area contributed by atoms with E-state index in [4.69, 9.17) is 23.2 Å². The van der Waals surface area contributed by atoms with Gasteiger partial charge in [0, 0.05) is 17.8 Å². The van der Waals surface area contributed by atoms with Gasteiger partial charge in [0.25, 0.3) is 0 Å². The molecular weight excluding hydrogens is 155 g/mol. The summed E-state index contributed by atoms with van der Waals surface area (Å²) < 4.78 is 0. The van der Waals surface area contributed by atoms with Gasteiger partial charge in [-0.05, 0) is 12.5 Å². The molecule has 0 radical (unpaired) electrons. The number of hydrogen-bond donors (Lipinski definition) is 0. The van der Waals surface area contributed by atoms with Crippen molar-refractivity contribution >= 4 is 23.2 Å². The Kier molecular flexibility index (Phi) is 7.77. The zero-order chi connectivity index (χ0) is 6.95. The molecule has 0 heterocycles. The van der Waals surface area contributed by atoms with Crippen LogP contribution >= 0.6 is 23.2 Å². The lowest BCUT2D eigenvalue weighted by Gasteiger charge is -1.79. The normalized spacial score (nSPS) is 9.11. The maximum absolute atomic E-state index is 5.40. The molecule has 2 heteroatoms. The van der Waals surface area contributed by atoms with Crippen LogP contribution in [0.3, 0.4) is 0 Å². The number of allylic oxidation sites excluding steroid dienone is 1. The van der Waals surface area contributed by atoms with Crippen LogP contribution < -0.4 is 0 Å². The minimum absolute atomic E-state index is 0.680. The highest BCUT2D eigenvalue weighted by molar-refractivity contribution is 6.25. The van der Waals surface area contributed by atoms with Gasteiger partial charge in [-0.25, -0.2) is 0 Å². The van der Waals surface area contributed by atoms with E-state index in [1.165, 1.54) is 5.54 Å². The van der Waals surface area contributed by atoms with Crippen LogP contribution in [0.2, 0.25) is 0 Å². The molecule has 0 spiro atoms. The summed E-state index contributed by atoms with van der Waals surface area (Å²) in [5.74, 6) is 6.31. The van der Waals surface area contributed by atoms with Crippen molar-refractivity contribution in [3.8, 4) is 11.8 Å². The Morgan fingerprint density at radius 2 is 2.22 bits per heavy atom. The van der Waals surface area contributed by atoms with E-state index in [9.17, 15) is 0 Å². The molecule has 0 N–H and O–H groups in total. The van der Waals surface area contributed by atoms with Crippen molar-refractivity contribution in [2.24, 2.45) is 0 Å². The summed E-state index contributed by atoms with van der Waals surface area (Å²) in [4.78, 5) is 0. The summed E-state index contributed by atoms with van der Waals surface area (Å²) in [5.41, 5.74) is 1.40. The largest absolute Gasteiger partial charge is 0.127 e. The minimum Gasteiger partial charge on any atom is -0.127 e. The van der Waals surface area contributed by atoms with Crippen molar-refractivity contribution in [3.63, 3.8) is 0 Å². The Balaban J connectivity index is 3.16. The van der Waals surface area contributed by atoms with Crippen molar-refractivity contribution in [1.29, 1.82) is 0 Å². The monoisotopic (exact) mass is 162 g/mol. The highest BCUT2D eigenvalue weighted by Crippen LogP contribution is 1.88. The lowest BCUT2D eigenvalue weighted by atomic mass is 10.3. The summed E-state index contributed by atoms with van der Waals surface area (Å²) in [6, 6.07) is 0. The van der Waals surface area contributed by atoms with Gasteiger partial charge in [-0.2, -0.15) is 0 Å². The molecule has 9 heavy (non-hydrogen) atoms. The van der Waals surface area contributed by atoms with E-state index in [2.05, 4.69) is 11.8 Å². The molecule has 0 saturated heterocycles. The zero-order valence-electron chi connectivity index (χ0n) is 5.03. The molecular formula is C7H8Cl2. The summed E-state index contributed by atoms with van der Waals surface area (Å²) in [5, 5.41) is 0. The molecule has 0 aliphatic rings. The summed E-state index contributed by atoms with van der Waals surface area (Å²) >= 11 is 10.6. The first kappa shape index (κ1) is 8.88. The number of halogens is 2. The standard InChI is InChI=1S/C7H8Cl2/c8-6-4-2-1-3-5-7-9/h5,7H,2,4,6H2/b7-5+. The van der Waals surface area contributed by atoms with Crippen LogP contribution in [0.5, 0.6) is 0 Å². The molecule has 0 fully saturated rings. The summed E-state index contributed by atoms with van der Waals surface area (Å²) in [6.45, 7) is 0. The molecule has 0 aromatic heterocycles. The van der Waals surface area contributed by atoms with E-state index < -0.39 is 0 Å². The van der Waals surface area contributed by atoms with Gasteiger partial charge < -0.3 is 0 Å². The average Bonchev–Trinajstić information content (AvgIpc) is 1.89. The summed E-state index contributed by atoms with van der Waals surface area (Å²) in [7, 11) is 0. The first-order valence-electron chi connectivity index (χ1n) is 2.71. The van der Waals surface area contributed by atoms with Gasteiger partial charge in [0.1, 0.15) is 0 Å². The Bertz CT molecular complexity index is 128. The van der Waals surface area contributed by atoms with E-state index in [0.29, 0.717) is 5.88 Å². The second-order valence-corrected chi connectivity index (χ2v) is 2.04. The smallest absolute Gasteiger partial charge is 0.0232 e. The van der Waals surface area contributed by atoms with Gasteiger partial charge >= 0.3 is 0 Å². The Hall–Kier alpha value is -0.120. The SMILES string of the molecule is Cl/C=C/C#CCCCCl. The van der Waals surface area contributed by atoms with Gasteiger partial charge in [0.05, 0.1) is 0 Å². The molecule has 0 aliphatic carbocycles. The van der Waals surface area contributed by atoms with E-state index in [-0.39, 0.29) is 0 Å². The van der Waals surface area contributed by atoms with Crippen LogP contribution in [0, 0.1) is 11.8 Å². The fourth-order valence-electron chi connectivity index (χ4n) is 0.318. The Labute approximate surface area is 65.8 Å². The van der Waals surface area contributed by atoms with E-state index >= 15 is 0 Å². The molecule has 0 aromatic rings. The number of rotatable bonds is 2. The average molecular weight is 163 g/mol. The third-order valence-electron chi connectivity index (χ3n) is 0.684. The first-order valence-corrected chi connectivity index (χ1v) is 3.68. The molecule has 0 bridgehead atoms. The van der Waals surface area contributed by atoms with Gasteiger partial charge in [-0.1, -0.05) is 23.4 Å². The molecule has 0 atom stereocenters. The van der Waals surface area contributed by atoms with Crippen molar-refractivity contribution in [3.05, 3.63) is 11.6 Å². The third kappa shape index (κ3) is 7.88. The van der Waals surface area contributed by atoms with Crippen LogP contribution in [0.15, 0.2) is 11.6 Å². The summed E-state index contributed by atoms with van der Waals surface area (Å²) in [6.07, 6.45) is 3.41. The lowest BCUT2D eigenvalue weighted by Crippen LogP contribution is -1.69.